The van der Waals surface area contributed by atoms with E-state index in [1.165, 1.54) is 6.92 Å². The molecule has 7 rings (SSSR count). The van der Waals surface area contributed by atoms with Crippen molar-refractivity contribution in [2.24, 2.45) is 0 Å². The first-order chi connectivity index (χ1) is 39.2. The Labute approximate surface area is 470 Å². The lowest BCUT2D eigenvalue weighted by atomic mass is 9.93. The Hall–Kier alpha value is -2.38. The molecule has 0 bridgehead atoms. The summed E-state index contributed by atoms with van der Waals surface area (Å²) >= 11 is 0. The van der Waals surface area contributed by atoms with Crippen LogP contribution in [0, 0.1) is 0 Å². The average molecular weight is 1220 g/mol. The number of hydrogen-bond acceptors (Lipinski definition) is 35. The lowest BCUT2D eigenvalue weighted by molar-refractivity contribution is -0.398. The molecule has 7 fully saturated rings. The van der Waals surface area contributed by atoms with Crippen LogP contribution in [0.15, 0.2) is 0 Å². The van der Waals surface area contributed by atoms with Crippen LogP contribution in [-0.4, -0.2) is 368 Å². The molecule has 0 aromatic rings. The van der Waals surface area contributed by atoms with Crippen molar-refractivity contribution in [2.45, 2.75) is 236 Å². The van der Waals surface area contributed by atoms with E-state index < -0.39 is 266 Å². The van der Waals surface area contributed by atoms with Crippen molar-refractivity contribution >= 4 is 11.8 Å². The number of carbonyl (C=O) groups excluding carboxylic acids is 2. The van der Waals surface area contributed by atoms with Crippen LogP contribution in [0.1, 0.15) is 20.8 Å². The van der Waals surface area contributed by atoms with E-state index in [0.29, 0.717) is 0 Å². The van der Waals surface area contributed by atoms with E-state index in [2.05, 4.69) is 10.6 Å². The molecule has 0 unspecified atom stereocenters. The number of aliphatic hydroxyl groups is 20. The summed E-state index contributed by atoms with van der Waals surface area (Å²) < 4.78 is 75.0. The van der Waals surface area contributed by atoms with Gasteiger partial charge >= 0.3 is 0 Å². The van der Waals surface area contributed by atoms with Gasteiger partial charge in [0.2, 0.25) is 11.8 Å². The Bertz CT molecular complexity index is 2040. The van der Waals surface area contributed by atoms with Crippen molar-refractivity contribution in [1.82, 2.24) is 10.6 Å². The fourth-order valence-electron chi connectivity index (χ4n) is 10.5. The quantitative estimate of drug-likeness (QED) is 0.0538. The summed E-state index contributed by atoms with van der Waals surface area (Å²) in [5, 5.41) is 221. The maximum Gasteiger partial charge on any atom is 0.217 e. The van der Waals surface area contributed by atoms with E-state index >= 15 is 0 Å². The molecule has 0 aromatic heterocycles. The summed E-state index contributed by atoms with van der Waals surface area (Å²) in [5.41, 5.74) is 0. The van der Waals surface area contributed by atoms with Gasteiger partial charge in [0.1, 0.15) is 165 Å². The molecule has 7 heterocycles. The first-order valence-corrected chi connectivity index (χ1v) is 26.5. The van der Waals surface area contributed by atoms with Crippen molar-refractivity contribution in [3.63, 3.8) is 0 Å². The van der Waals surface area contributed by atoms with Crippen LogP contribution in [0.2, 0.25) is 0 Å². The second-order valence-corrected chi connectivity index (χ2v) is 21.1. The van der Waals surface area contributed by atoms with Gasteiger partial charge in [-0.15, -0.1) is 0 Å². The van der Waals surface area contributed by atoms with Crippen molar-refractivity contribution in [2.75, 3.05) is 39.6 Å². The second kappa shape index (κ2) is 29.3. The van der Waals surface area contributed by atoms with Crippen LogP contribution in [0.5, 0.6) is 0 Å². The number of ether oxygens (including phenoxy) is 13. The Morgan fingerprint density at radius 1 is 0.337 bits per heavy atom. The maximum absolute atomic E-state index is 12.9. The van der Waals surface area contributed by atoms with Crippen LogP contribution >= 0.6 is 0 Å². The summed E-state index contributed by atoms with van der Waals surface area (Å²) in [6.07, 6.45) is -63.7. The molecule has 0 aromatic carbocycles. The smallest absolute Gasteiger partial charge is 0.217 e. The van der Waals surface area contributed by atoms with Crippen LogP contribution in [-0.2, 0) is 71.2 Å². The number of amides is 2. The van der Waals surface area contributed by atoms with Crippen molar-refractivity contribution in [3.8, 4) is 0 Å². The van der Waals surface area contributed by atoms with Crippen LogP contribution in [0.3, 0.4) is 0 Å². The van der Waals surface area contributed by atoms with E-state index in [4.69, 9.17) is 61.6 Å². The van der Waals surface area contributed by atoms with Crippen LogP contribution in [0.25, 0.3) is 0 Å². The first-order valence-electron chi connectivity index (χ1n) is 26.5. The third kappa shape index (κ3) is 14.9. The number of carbonyl (C=O) groups is 2. The summed E-state index contributed by atoms with van der Waals surface area (Å²) in [6.45, 7) is -2.38. The molecular weight excluding hydrogens is 1140 g/mol. The summed E-state index contributed by atoms with van der Waals surface area (Å²) in [5.74, 6) is -1.67. The Balaban J connectivity index is 1.18. The van der Waals surface area contributed by atoms with Crippen LogP contribution in [0.4, 0.5) is 0 Å². The largest absolute Gasteiger partial charge is 0.394 e. The molecule has 482 valence electrons. The fraction of sp³-hybridized carbons (Fsp3) is 0.957. The highest BCUT2D eigenvalue weighted by Crippen LogP contribution is 2.37. The van der Waals surface area contributed by atoms with E-state index in [1.54, 1.807) is 0 Å². The zero-order valence-corrected chi connectivity index (χ0v) is 44.5. The van der Waals surface area contributed by atoms with E-state index in [0.717, 1.165) is 13.8 Å². The van der Waals surface area contributed by atoms with Gasteiger partial charge < -0.3 is 174 Å². The van der Waals surface area contributed by atoms with Crippen LogP contribution < -0.4 is 10.6 Å². The Morgan fingerprint density at radius 2 is 0.723 bits per heavy atom. The minimum atomic E-state index is -2.38. The Morgan fingerprint density at radius 3 is 1.28 bits per heavy atom. The van der Waals surface area contributed by atoms with Gasteiger partial charge in [0.05, 0.1) is 45.7 Å². The molecule has 37 heteroatoms. The molecular formula is C46H78N2O35. The minimum absolute atomic E-state index is 0.766. The van der Waals surface area contributed by atoms with Gasteiger partial charge in [-0.1, -0.05) is 0 Å². The zero-order valence-electron chi connectivity index (χ0n) is 44.5. The second-order valence-electron chi connectivity index (χ2n) is 21.1. The molecule has 83 heavy (non-hydrogen) atoms. The molecule has 7 aliphatic heterocycles. The minimum Gasteiger partial charge on any atom is -0.394 e. The molecule has 0 spiro atoms. The highest BCUT2D eigenvalue weighted by molar-refractivity contribution is 5.73. The van der Waals surface area contributed by atoms with Crippen molar-refractivity contribution in [3.05, 3.63) is 0 Å². The highest BCUT2D eigenvalue weighted by Gasteiger charge is 2.58. The molecule has 22 N–H and O–H groups in total. The van der Waals surface area contributed by atoms with Crippen molar-refractivity contribution in [1.29, 1.82) is 0 Å². The lowest BCUT2D eigenvalue weighted by Gasteiger charge is -2.50. The standard InChI is InChI=1S/C46H78N2O35/c1-10-21(55)28(62)32(66)42(73-10)72-9-18-37(26(60)19(40(70)74-18)47-11(2)53)80-41-20(48-12(3)54)27(61)36(16(7-52)78-41)81-45-35(69)38(25(59)17(79-45)8-71-43-33(67)29(63)22(56)13(4-49)75-43)82-46-39(31(65)24(58)15(6-51)77-46)83-44-34(68)30(64)23(57)14(5-50)76-44/h10,13-46,49-52,55-70H,4-9H2,1-3H3,(H,47,53)(H,48,54)/t10-,13+,14+,15+,16+,17+,18+,19+,20+,21+,22+,23+,24+,25+,26+,27+,28+,29-,30-,31-,32-,33-,34-,35-,36+,37+,38-,39-,40-,41-,42+,43-,44+,45-,46+/m0/s1. The molecule has 0 aliphatic carbocycles. The van der Waals surface area contributed by atoms with Gasteiger partial charge in [-0.3, -0.25) is 9.59 Å². The number of aliphatic hydroxyl groups excluding tert-OH is 20. The highest BCUT2D eigenvalue weighted by atomic mass is 16.8. The molecule has 7 saturated heterocycles. The maximum atomic E-state index is 12.9. The zero-order chi connectivity index (χ0) is 61.2. The molecule has 0 radical (unpaired) electrons. The number of rotatable bonds is 20. The molecule has 37 nitrogen and oxygen atoms in total. The third-order valence-corrected chi connectivity index (χ3v) is 15.3. The molecule has 35 atom stereocenters. The molecule has 7 aliphatic rings. The topological polar surface area (TPSA) is 583 Å². The monoisotopic (exact) mass is 1220 g/mol. The Kier molecular flexibility index (Phi) is 24.0. The lowest BCUT2D eigenvalue weighted by Crippen LogP contribution is -2.70. The molecule has 2 amide bonds. The van der Waals surface area contributed by atoms with Gasteiger partial charge in [0.15, 0.2) is 44.0 Å². The van der Waals surface area contributed by atoms with E-state index in [9.17, 15) is 112 Å². The summed E-state index contributed by atoms with van der Waals surface area (Å²) in [4.78, 5) is 25.1. The van der Waals surface area contributed by atoms with E-state index in [-0.39, 0.29) is 0 Å². The third-order valence-electron chi connectivity index (χ3n) is 15.3. The SMILES string of the molecule is CC(=O)N[C@@H]1[C@@H](O)[C@H](O[C@@H]2O[C@H](CO)[C@@H](O[C@@H]3O[C@H](CO[C@H]4O[C@H](CO)[C@@H](O)[C@H](O)[C@@H]4O)[C@@H](O)[C@H](O[C@H]4O[C@H](CO)[C@@H](O)[C@H](O)[C@@H]4O[C@H]4O[C@H](CO)[C@@H](O)[C@H](O)[C@@H]4O)[C@@H]3O)[C@H](O)[C@H]2NC(C)=O)[C@@H](CO[C@@H]2O[C@@H](C)[C@@H](O)[C@@H](O)[C@@H]2O)O[C@@H]1O. The van der Waals surface area contributed by atoms with Gasteiger partial charge in [-0.25, -0.2) is 0 Å². The van der Waals surface area contributed by atoms with Gasteiger partial charge in [-0.05, 0) is 6.92 Å². The van der Waals surface area contributed by atoms with E-state index in [1.807, 2.05) is 0 Å². The molecule has 0 saturated carbocycles. The fourth-order valence-corrected chi connectivity index (χ4v) is 10.5. The van der Waals surface area contributed by atoms with Gasteiger partial charge in [0.25, 0.3) is 0 Å². The van der Waals surface area contributed by atoms with Gasteiger partial charge in [0, 0.05) is 13.8 Å². The summed E-state index contributed by atoms with van der Waals surface area (Å²) in [7, 11) is 0. The van der Waals surface area contributed by atoms with Crippen molar-refractivity contribution < 1.29 is 173 Å². The number of hydrogen-bond donors (Lipinski definition) is 22. The normalized spacial score (nSPS) is 50.8. The predicted octanol–water partition coefficient (Wildman–Crippen LogP) is -15.0. The van der Waals surface area contributed by atoms with Gasteiger partial charge in [-0.2, -0.15) is 0 Å². The first kappa shape index (κ1) is 68.1. The number of nitrogens with one attached hydrogen (secondary N) is 2. The predicted molar refractivity (Wildman–Crippen MR) is 254 cm³/mol. The summed E-state index contributed by atoms with van der Waals surface area (Å²) in [6, 6.07) is -3.52. The average Bonchev–Trinajstić information content (AvgIpc) is 3.61.